The molecule has 96 valence electrons. The van der Waals surface area contributed by atoms with Crippen molar-refractivity contribution in [3.05, 3.63) is 0 Å². The lowest BCUT2D eigenvalue weighted by atomic mass is 10.5. The topological polar surface area (TPSA) is 129 Å². The zero-order valence-corrected chi connectivity index (χ0v) is 10.8. The minimum absolute atomic E-state index is 0.403. The molecule has 8 nitrogen and oxygen atoms in total. The van der Waals surface area contributed by atoms with E-state index >= 15 is 0 Å². The quantitative estimate of drug-likeness (QED) is 0.428. The average molecular weight is 275 g/mol. The molecule has 0 saturated heterocycles. The van der Waals surface area contributed by atoms with Gasteiger partial charge in [-0.1, -0.05) is 0 Å². The van der Waals surface area contributed by atoms with Gasteiger partial charge in [0.1, 0.15) is 5.97 Å². The molecule has 0 rings (SSSR count). The van der Waals surface area contributed by atoms with E-state index in [9.17, 15) is 26.7 Å². The number of sulfone groups is 1. The molecule has 0 aromatic carbocycles. The van der Waals surface area contributed by atoms with Crippen molar-refractivity contribution in [3.8, 4) is 0 Å². The third kappa shape index (κ3) is 1.93. The highest BCUT2D eigenvalue weighted by molar-refractivity contribution is 8.08. The van der Waals surface area contributed by atoms with Crippen molar-refractivity contribution in [1.29, 1.82) is 0 Å². The van der Waals surface area contributed by atoms with Crippen LogP contribution >= 0.6 is 0 Å². The molecule has 0 bridgehead atoms. The van der Waals surface area contributed by atoms with Gasteiger partial charge in [0.25, 0.3) is 0 Å². The van der Waals surface area contributed by atoms with Crippen LogP contribution in [0.5, 0.6) is 0 Å². The standard InChI is InChI=1S/C6H13NO7S2/c1-7(2,3)6(5(8)9,15(4,10)11)16(12,13)14/h1-4H3,(H-,8,9,12,13,14). The molecule has 0 aliphatic rings. The molecule has 10 heteroatoms. The number of carbonyl (C=O) groups is 1. The smallest absolute Gasteiger partial charge is 0.363 e. The van der Waals surface area contributed by atoms with Crippen molar-refractivity contribution in [1.82, 2.24) is 0 Å². The van der Waals surface area contributed by atoms with Crippen LogP contribution < -0.4 is 5.11 Å². The van der Waals surface area contributed by atoms with E-state index in [2.05, 4.69) is 0 Å². The van der Waals surface area contributed by atoms with Gasteiger partial charge in [0, 0.05) is 6.26 Å². The number of carbonyl (C=O) groups excluding carboxylic acids is 1. The van der Waals surface area contributed by atoms with E-state index in [1.165, 1.54) is 0 Å². The summed E-state index contributed by atoms with van der Waals surface area (Å²) in [5.41, 5.74) is 0. The van der Waals surface area contributed by atoms with Crippen molar-refractivity contribution >= 4 is 25.9 Å². The molecule has 16 heavy (non-hydrogen) atoms. The molecule has 1 unspecified atom stereocenters. The van der Waals surface area contributed by atoms with E-state index in [1.54, 1.807) is 0 Å². The molecule has 0 heterocycles. The van der Waals surface area contributed by atoms with Gasteiger partial charge in [0.05, 0.1) is 21.1 Å². The zero-order chi connectivity index (χ0) is 13.6. The van der Waals surface area contributed by atoms with Gasteiger partial charge in [-0.3, -0.25) is 9.04 Å². The summed E-state index contributed by atoms with van der Waals surface area (Å²) in [7, 11) is -7.07. The Morgan fingerprint density at radius 1 is 1.19 bits per heavy atom. The Labute approximate surface area is 93.7 Å². The third-order valence-corrected chi connectivity index (χ3v) is 6.67. The van der Waals surface area contributed by atoms with E-state index < -0.39 is 34.6 Å². The highest BCUT2D eigenvalue weighted by Gasteiger charge is 2.65. The Kier molecular flexibility index (Phi) is 3.49. The Balaban J connectivity index is 6.68. The molecular weight excluding hydrogens is 262 g/mol. The van der Waals surface area contributed by atoms with Crippen LogP contribution in [0.2, 0.25) is 0 Å². The molecule has 0 saturated carbocycles. The molecule has 0 aliphatic carbocycles. The highest BCUT2D eigenvalue weighted by atomic mass is 32.3. The number of quaternary nitrogens is 1. The van der Waals surface area contributed by atoms with Crippen LogP contribution in [0.4, 0.5) is 0 Å². The van der Waals surface area contributed by atoms with Gasteiger partial charge in [-0.2, -0.15) is 8.42 Å². The van der Waals surface area contributed by atoms with Crippen LogP contribution in [0, 0.1) is 0 Å². The van der Waals surface area contributed by atoms with Gasteiger partial charge in [0.2, 0.25) is 9.84 Å². The summed E-state index contributed by atoms with van der Waals surface area (Å²) >= 11 is 0. The lowest BCUT2D eigenvalue weighted by Crippen LogP contribution is -2.73. The number of hydrogen-bond donors (Lipinski definition) is 1. The van der Waals surface area contributed by atoms with Gasteiger partial charge in [-0.25, -0.2) is 8.42 Å². The van der Waals surface area contributed by atoms with Crippen LogP contribution in [-0.4, -0.2) is 63.4 Å². The van der Waals surface area contributed by atoms with Crippen LogP contribution in [-0.2, 0) is 24.7 Å². The first-order chi connectivity index (χ1) is 6.69. The minimum atomic E-state index is -5.42. The Morgan fingerprint density at radius 2 is 1.50 bits per heavy atom. The SMILES string of the molecule is C[N+](C)(C)C(C(=O)[O-])(S(C)(=O)=O)S(=O)(=O)O. The van der Waals surface area contributed by atoms with E-state index in [1.807, 2.05) is 0 Å². The molecule has 0 amide bonds. The fourth-order valence-electron chi connectivity index (χ4n) is 1.57. The first-order valence-electron chi connectivity index (χ1n) is 3.89. The second kappa shape index (κ2) is 3.65. The highest BCUT2D eigenvalue weighted by Crippen LogP contribution is 2.30. The lowest BCUT2D eigenvalue weighted by Gasteiger charge is -2.41. The molecule has 1 N–H and O–H groups in total. The van der Waals surface area contributed by atoms with Gasteiger partial charge >= 0.3 is 14.3 Å². The number of hydrogen-bond acceptors (Lipinski definition) is 6. The van der Waals surface area contributed by atoms with E-state index in [-0.39, 0.29) is 0 Å². The number of likely N-dealkylation sites (N-methyl/N-ethyl adjacent to an activating group) is 1. The first kappa shape index (κ1) is 15.3. The predicted octanol–water partition coefficient (Wildman–Crippen LogP) is -2.97. The second-order valence-electron chi connectivity index (χ2n) is 4.13. The maximum Gasteiger partial charge on any atom is 0.363 e. The van der Waals surface area contributed by atoms with Crippen LogP contribution in [0.3, 0.4) is 0 Å². The average Bonchev–Trinajstić information content (AvgIpc) is 1.71. The van der Waals surface area contributed by atoms with Crippen molar-refractivity contribution < 1.29 is 35.8 Å². The summed E-state index contributed by atoms with van der Waals surface area (Å²) in [6, 6.07) is 0. The molecule has 0 aromatic heterocycles. The van der Waals surface area contributed by atoms with Crippen LogP contribution in [0.1, 0.15) is 0 Å². The van der Waals surface area contributed by atoms with Crippen LogP contribution in [0.15, 0.2) is 0 Å². The van der Waals surface area contributed by atoms with Crippen molar-refractivity contribution in [2.24, 2.45) is 0 Å². The number of rotatable bonds is 4. The Morgan fingerprint density at radius 3 is 1.50 bits per heavy atom. The summed E-state index contributed by atoms with van der Waals surface area (Å²) < 4.78 is 49.5. The van der Waals surface area contributed by atoms with E-state index in [4.69, 9.17) is 4.55 Å². The summed E-state index contributed by atoms with van der Waals surface area (Å²) in [6.45, 7) is 0. The summed E-state index contributed by atoms with van der Waals surface area (Å²) in [6.07, 6.45) is 0.403. The normalized spacial score (nSPS) is 17.8. The molecule has 1 atom stereocenters. The van der Waals surface area contributed by atoms with Gasteiger partial charge < -0.3 is 9.90 Å². The maximum atomic E-state index is 11.4. The molecular formula is C6H13NO7S2. The third-order valence-electron chi connectivity index (χ3n) is 1.99. The largest absolute Gasteiger partial charge is 0.542 e. The lowest BCUT2D eigenvalue weighted by molar-refractivity contribution is -0.885. The Bertz CT molecular complexity index is 463. The fraction of sp³-hybridized carbons (Fsp3) is 0.833. The number of carboxylic acids is 1. The number of carboxylic acid groups (broad SMARTS) is 1. The van der Waals surface area contributed by atoms with E-state index in [0.717, 1.165) is 21.1 Å². The van der Waals surface area contributed by atoms with Crippen molar-refractivity contribution in [2.75, 3.05) is 27.4 Å². The molecule has 0 radical (unpaired) electrons. The monoisotopic (exact) mass is 275 g/mol. The van der Waals surface area contributed by atoms with Crippen molar-refractivity contribution in [2.45, 2.75) is 4.20 Å². The summed E-state index contributed by atoms with van der Waals surface area (Å²) in [5.74, 6) is -2.40. The zero-order valence-electron chi connectivity index (χ0n) is 9.16. The molecule has 0 fully saturated rings. The van der Waals surface area contributed by atoms with E-state index in [0.29, 0.717) is 6.26 Å². The first-order valence-corrected chi connectivity index (χ1v) is 7.22. The Hall–Kier alpha value is -0.710. The predicted molar refractivity (Wildman–Crippen MR) is 52.2 cm³/mol. The van der Waals surface area contributed by atoms with Gasteiger partial charge in [-0.15, -0.1) is 0 Å². The molecule has 0 aromatic rings. The van der Waals surface area contributed by atoms with Gasteiger partial charge in [-0.05, 0) is 0 Å². The number of nitrogens with zero attached hydrogens (tertiary/aromatic N) is 1. The number of aliphatic carboxylic acids is 1. The van der Waals surface area contributed by atoms with Crippen LogP contribution in [0.25, 0.3) is 0 Å². The summed E-state index contributed by atoms with van der Waals surface area (Å²) in [4.78, 5) is 10.9. The fourth-order valence-corrected chi connectivity index (χ4v) is 5.30. The minimum Gasteiger partial charge on any atom is -0.542 e. The summed E-state index contributed by atoms with van der Waals surface area (Å²) in [5, 5.41) is 10.9. The second-order valence-corrected chi connectivity index (χ2v) is 8.06. The maximum absolute atomic E-state index is 11.4. The molecule has 0 aliphatic heterocycles. The van der Waals surface area contributed by atoms with Crippen molar-refractivity contribution in [3.63, 3.8) is 0 Å². The van der Waals surface area contributed by atoms with Gasteiger partial charge in [0.15, 0.2) is 0 Å². The molecule has 0 spiro atoms.